The SMILES string of the molecule is COc1ccc(C)c2sc(N(Cc3cccnc3)C(=O)C3CCCN3S(C)(=O)=O)nc12. The number of nitrogens with zero attached hydrogens (tertiary/aromatic N) is 4. The molecular weight excluding hydrogens is 436 g/mol. The number of fused-ring (bicyclic) bond motifs is 1. The first kappa shape index (κ1) is 21.7. The lowest BCUT2D eigenvalue weighted by atomic mass is 10.2. The van der Waals surface area contributed by atoms with Crippen molar-refractivity contribution < 1.29 is 17.9 Å². The van der Waals surface area contributed by atoms with Crippen LogP contribution < -0.4 is 9.64 Å². The summed E-state index contributed by atoms with van der Waals surface area (Å²) in [4.78, 5) is 24.1. The third-order valence-electron chi connectivity index (χ3n) is 5.39. The molecular formula is C21H24N4O4S2. The van der Waals surface area contributed by atoms with E-state index in [0.29, 0.717) is 35.8 Å². The van der Waals surface area contributed by atoms with E-state index in [4.69, 9.17) is 9.72 Å². The molecule has 0 saturated carbocycles. The van der Waals surface area contributed by atoms with Crippen molar-refractivity contribution in [3.05, 3.63) is 47.8 Å². The van der Waals surface area contributed by atoms with Crippen LogP contribution in [0.3, 0.4) is 0 Å². The van der Waals surface area contributed by atoms with Crippen LogP contribution in [0.25, 0.3) is 10.2 Å². The van der Waals surface area contributed by atoms with Crippen LogP contribution in [0.2, 0.25) is 0 Å². The zero-order valence-corrected chi connectivity index (χ0v) is 19.2. The van der Waals surface area contributed by atoms with E-state index in [9.17, 15) is 13.2 Å². The van der Waals surface area contributed by atoms with Gasteiger partial charge in [-0.1, -0.05) is 23.5 Å². The molecule has 1 aliphatic heterocycles. The van der Waals surface area contributed by atoms with E-state index in [1.165, 1.54) is 15.6 Å². The summed E-state index contributed by atoms with van der Waals surface area (Å²) in [6.07, 6.45) is 5.65. The quantitative estimate of drug-likeness (QED) is 0.562. The summed E-state index contributed by atoms with van der Waals surface area (Å²) in [5, 5.41) is 0.511. The predicted molar refractivity (Wildman–Crippen MR) is 121 cm³/mol. The van der Waals surface area contributed by atoms with Gasteiger partial charge in [-0.25, -0.2) is 13.4 Å². The smallest absolute Gasteiger partial charge is 0.247 e. The fraction of sp³-hybridized carbons (Fsp3) is 0.381. The molecule has 1 saturated heterocycles. The lowest BCUT2D eigenvalue weighted by Gasteiger charge is -2.27. The number of benzene rings is 1. The molecule has 1 amide bonds. The number of thiazole rings is 1. The van der Waals surface area contributed by atoms with Crippen LogP contribution in [0, 0.1) is 6.92 Å². The molecule has 0 aliphatic carbocycles. The molecule has 1 fully saturated rings. The van der Waals surface area contributed by atoms with Gasteiger partial charge in [0, 0.05) is 18.9 Å². The first-order valence-electron chi connectivity index (χ1n) is 9.91. The highest BCUT2D eigenvalue weighted by molar-refractivity contribution is 7.88. The molecule has 0 radical (unpaired) electrons. The van der Waals surface area contributed by atoms with Crippen molar-refractivity contribution >= 4 is 42.6 Å². The molecule has 10 heteroatoms. The Kier molecular flexibility index (Phi) is 5.96. The molecule has 0 N–H and O–H groups in total. The summed E-state index contributed by atoms with van der Waals surface area (Å²) < 4.78 is 32.2. The maximum absolute atomic E-state index is 13.7. The van der Waals surface area contributed by atoms with Gasteiger partial charge in [-0.2, -0.15) is 4.31 Å². The summed E-state index contributed by atoms with van der Waals surface area (Å²) in [6, 6.07) is 6.77. The molecule has 1 atom stereocenters. The zero-order chi connectivity index (χ0) is 22.2. The minimum absolute atomic E-state index is 0.252. The van der Waals surface area contributed by atoms with E-state index in [-0.39, 0.29) is 12.5 Å². The Balaban J connectivity index is 1.79. The fourth-order valence-electron chi connectivity index (χ4n) is 3.86. The maximum Gasteiger partial charge on any atom is 0.247 e. The number of rotatable bonds is 6. The number of aromatic nitrogens is 2. The van der Waals surface area contributed by atoms with Crippen LogP contribution in [0.1, 0.15) is 24.0 Å². The van der Waals surface area contributed by atoms with Crippen LogP contribution in [-0.4, -0.2) is 54.6 Å². The second-order valence-electron chi connectivity index (χ2n) is 7.58. The van der Waals surface area contributed by atoms with E-state index in [1.54, 1.807) is 24.4 Å². The van der Waals surface area contributed by atoms with E-state index in [1.807, 2.05) is 31.2 Å². The van der Waals surface area contributed by atoms with Gasteiger partial charge in [-0.15, -0.1) is 0 Å². The van der Waals surface area contributed by atoms with Gasteiger partial charge in [0.05, 0.1) is 24.6 Å². The molecule has 1 aromatic carbocycles. The number of carbonyl (C=O) groups excluding carboxylic acids is 1. The minimum Gasteiger partial charge on any atom is -0.494 e. The van der Waals surface area contributed by atoms with E-state index < -0.39 is 16.1 Å². The van der Waals surface area contributed by atoms with Crippen LogP contribution in [0.15, 0.2) is 36.7 Å². The molecule has 4 rings (SSSR count). The Morgan fingerprint density at radius 3 is 2.84 bits per heavy atom. The Morgan fingerprint density at radius 2 is 2.16 bits per heavy atom. The van der Waals surface area contributed by atoms with Gasteiger partial charge >= 0.3 is 0 Å². The van der Waals surface area contributed by atoms with Gasteiger partial charge in [-0.3, -0.25) is 14.7 Å². The third kappa shape index (κ3) is 4.28. The van der Waals surface area contributed by atoms with Crippen molar-refractivity contribution in [1.82, 2.24) is 14.3 Å². The number of hydrogen-bond acceptors (Lipinski definition) is 7. The first-order valence-corrected chi connectivity index (χ1v) is 12.6. The Bertz CT molecular complexity index is 1210. The second kappa shape index (κ2) is 8.52. The number of hydrogen-bond donors (Lipinski definition) is 0. The molecule has 31 heavy (non-hydrogen) atoms. The topological polar surface area (TPSA) is 92.7 Å². The largest absolute Gasteiger partial charge is 0.494 e. The molecule has 2 aromatic heterocycles. The number of amides is 1. The van der Waals surface area contributed by atoms with Gasteiger partial charge in [0.2, 0.25) is 15.9 Å². The molecule has 1 unspecified atom stereocenters. The standard InChI is InChI=1S/C21H24N4O4S2/c1-14-8-9-17(29-2)18-19(14)30-21(23-18)24(13-15-6-4-10-22-12-15)20(26)16-7-5-11-25(16)31(3,27)28/h4,6,8-10,12,16H,5,7,11,13H2,1-3H3. The first-order chi connectivity index (χ1) is 14.8. The second-order valence-corrected chi connectivity index (χ2v) is 10.5. The van der Waals surface area contributed by atoms with Gasteiger partial charge in [0.15, 0.2) is 5.13 Å². The minimum atomic E-state index is -3.49. The van der Waals surface area contributed by atoms with Crippen LogP contribution in [0.4, 0.5) is 5.13 Å². The highest BCUT2D eigenvalue weighted by atomic mass is 32.2. The highest BCUT2D eigenvalue weighted by Gasteiger charge is 2.39. The maximum atomic E-state index is 13.7. The van der Waals surface area contributed by atoms with Crippen LogP contribution in [-0.2, 0) is 21.4 Å². The molecule has 1 aliphatic rings. The van der Waals surface area contributed by atoms with E-state index >= 15 is 0 Å². The van der Waals surface area contributed by atoms with Crippen molar-refractivity contribution in [1.29, 1.82) is 0 Å². The van der Waals surface area contributed by atoms with E-state index in [0.717, 1.165) is 22.1 Å². The lowest BCUT2D eigenvalue weighted by molar-refractivity contribution is -0.121. The zero-order valence-electron chi connectivity index (χ0n) is 17.6. The number of ether oxygens (including phenoxy) is 1. The van der Waals surface area contributed by atoms with Gasteiger partial charge in [0.1, 0.15) is 17.3 Å². The van der Waals surface area contributed by atoms with Crippen molar-refractivity contribution in [2.75, 3.05) is 24.8 Å². The van der Waals surface area contributed by atoms with Crippen LogP contribution >= 0.6 is 11.3 Å². The van der Waals surface area contributed by atoms with Crippen molar-refractivity contribution in [2.24, 2.45) is 0 Å². The van der Waals surface area contributed by atoms with Gasteiger partial charge in [-0.05, 0) is 43.0 Å². The number of carbonyl (C=O) groups is 1. The molecule has 0 bridgehead atoms. The molecule has 164 valence electrons. The highest BCUT2D eigenvalue weighted by Crippen LogP contribution is 2.37. The monoisotopic (exact) mass is 460 g/mol. The summed E-state index contributed by atoms with van der Waals surface area (Å²) in [5.74, 6) is 0.359. The number of methoxy groups -OCH3 is 1. The predicted octanol–water partition coefficient (Wildman–Crippen LogP) is 2.97. The van der Waals surface area contributed by atoms with Crippen LogP contribution in [0.5, 0.6) is 5.75 Å². The van der Waals surface area contributed by atoms with Gasteiger partial charge in [0.25, 0.3) is 0 Å². The average Bonchev–Trinajstić information content (AvgIpc) is 3.41. The molecule has 3 aromatic rings. The molecule has 8 nitrogen and oxygen atoms in total. The van der Waals surface area contributed by atoms with E-state index in [2.05, 4.69) is 4.98 Å². The average molecular weight is 461 g/mol. The van der Waals surface area contributed by atoms with Crippen molar-refractivity contribution in [3.63, 3.8) is 0 Å². The summed E-state index contributed by atoms with van der Waals surface area (Å²) in [7, 11) is -1.90. The summed E-state index contributed by atoms with van der Waals surface area (Å²) in [6.45, 7) is 2.59. The number of anilines is 1. The Labute approximate surface area is 185 Å². The van der Waals surface area contributed by atoms with Gasteiger partial charge < -0.3 is 4.74 Å². The molecule has 0 spiro atoms. The Hall–Kier alpha value is -2.56. The normalized spacial score (nSPS) is 17.2. The Morgan fingerprint density at radius 1 is 1.35 bits per heavy atom. The van der Waals surface area contributed by atoms with Crippen molar-refractivity contribution in [2.45, 2.75) is 32.4 Å². The number of aryl methyl sites for hydroxylation is 1. The fourth-order valence-corrected chi connectivity index (χ4v) is 6.03. The third-order valence-corrected chi connectivity index (χ3v) is 7.89. The summed E-state index contributed by atoms with van der Waals surface area (Å²) >= 11 is 1.40. The molecule has 3 heterocycles. The lowest BCUT2D eigenvalue weighted by Crippen LogP contribution is -2.47. The number of pyridine rings is 1. The summed E-state index contributed by atoms with van der Waals surface area (Å²) in [5.41, 5.74) is 2.56. The number of sulfonamides is 1. The van der Waals surface area contributed by atoms with Crippen molar-refractivity contribution in [3.8, 4) is 5.75 Å².